The van der Waals surface area contributed by atoms with Gasteiger partial charge in [-0.1, -0.05) is 50.5 Å². The Hall–Kier alpha value is -0.830. The Labute approximate surface area is 117 Å². The van der Waals surface area contributed by atoms with Gasteiger partial charge < -0.3 is 5.32 Å². The van der Waals surface area contributed by atoms with Crippen LogP contribution in [0.2, 0.25) is 0 Å². The van der Waals surface area contributed by atoms with E-state index in [1.54, 1.807) is 0 Å². The molecule has 2 rings (SSSR count). The van der Waals surface area contributed by atoms with Gasteiger partial charge in [-0.05, 0) is 28.7 Å². The van der Waals surface area contributed by atoms with Gasteiger partial charge in [0.15, 0.2) is 0 Å². The Morgan fingerprint density at radius 1 is 1.28 bits per heavy atom. The van der Waals surface area contributed by atoms with Crippen molar-refractivity contribution >= 4 is 27.5 Å². The lowest BCUT2D eigenvalue weighted by molar-refractivity contribution is -0.117. The zero-order chi connectivity index (χ0) is 13.7. The van der Waals surface area contributed by atoms with E-state index in [1.807, 2.05) is 0 Å². The van der Waals surface area contributed by atoms with E-state index in [1.165, 1.54) is 11.1 Å². The SMILES string of the molecule is CC(C)(C)c1cc(Br)cc2c1NC(=O)CC2(C)C. The van der Waals surface area contributed by atoms with Crippen molar-refractivity contribution in [3.63, 3.8) is 0 Å². The summed E-state index contributed by atoms with van der Waals surface area (Å²) in [7, 11) is 0. The van der Waals surface area contributed by atoms with Gasteiger partial charge in [-0.2, -0.15) is 0 Å². The molecule has 1 aliphatic heterocycles. The molecule has 3 heteroatoms. The fourth-order valence-corrected chi connectivity index (χ4v) is 3.00. The molecule has 0 radical (unpaired) electrons. The molecular formula is C15H20BrNO. The Bertz CT molecular complexity index is 495. The van der Waals surface area contributed by atoms with E-state index in [4.69, 9.17) is 0 Å². The number of carbonyl (C=O) groups is 1. The van der Waals surface area contributed by atoms with Crippen molar-refractivity contribution in [2.45, 2.75) is 51.9 Å². The summed E-state index contributed by atoms with van der Waals surface area (Å²) < 4.78 is 1.08. The lowest BCUT2D eigenvalue weighted by Gasteiger charge is -2.36. The average molecular weight is 310 g/mol. The third kappa shape index (κ3) is 2.33. The van der Waals surface area contributed by atoms with Gasteiger partial charge in [0.25, 0.3) is 0 Å². The first-order valence-corrected chi connectivity index (χ1v) is 7.05. The Morgan fingerprint density at radius 3 is 2.44 bits per heavy atom. The van der Waals surface area contributed by atoms with Crippen LogP contribution >= 0.6 is 15.9 Å². The van der Waals surface area contributed by atoms with E-state index in [0.717, 1.165) is 10.2 Å². The second-order valence-corrected chi connectivity index (χ2v) is 7.65. The molecule has 1 amide bonds. The Morgan fingerprint density at radius 2 is 1.89 bits per heavy atom. The summed E-state index contributed by atoms with van der Waals surface area (Å²) >= 11 is 3.59. The third-order valence-corrected chi connectivity index (χ3v) is 3.97. The maximum atomic E-state index is 11.9. The fraction of sp³-hybridized carbons (Fsp3) is 0.533. The number of rotatable bonds is 0. The van der Waals surface area contributed by atoms with Crippen LogP contribution in [0.1, 0.15) is 52.2 Å². The molecule has 1 heterocycles. The van der Waals surface area contributed by atoms with Crippen LogP contribution in [-0.4, -0.2) is 5.91 Å². The topological polar surface area (TPSA) is 29.1 Å². The first-order chi connectivity index (χ1) is 8.11. The van der Waals surface area contributed by atoms with Crippen LogP contribution in [0, 0.1) is 0 Å². The van der Waals surface area contributed by atoms with E-state index in [9.17, 15) is 4.79 Å². The van der Waals surface area contributed by atoms with Crippen LogP contribution in [0.15, 0.2) is 16.6 Å². The molecule has 0 bridgehead atoms. The summed E-state index contributed by atoms with van der Waals surface area (Å²) in [5.41, 5.74) is 3.32. The minimum Gasteiger partial charge on any atom is -0.326 e. The molecule has 18 heavy (non-hydrogen) atoms. The molecule has 2 nitrogen and oxygen atoms in total. The molecule has 1 aliphatic rings. The highest BCUT2D eigenvalue weighted by Gasteiger charge is 2.35. The molecule has 1 aromatic rings. The maximum absolute atomic E-state index is 11.9. The van der Waals surface area contributed by atoms with Gasteiger partial charge in [0.2, 0.25) is 5.91 Å². The van der Waals surface area contributed by atoms with Crippen LogP contribution in [0.3, 0.4) is 0 Å². The van der Waals surface area contributed by atoms with Gasteiger partial charge in [0.05, 0.1) is 0 Å². The number of fused-ring (bicyclic) bond motifs is 1. The highest BCUT2D eigenvalue weighted by Crippen LogP contribution is 2.44. The van der Waals surface area contributed by atoms with E-state index in [2.05, 4.69) is 68.0 Å². The zero-order valence-corrected chi connectivity index (χ0v) is 13.2. The van der Waals surface area contributed by atoms with E-state index in [-0.39, 0.29) is 16.7 Å². The summed E-state index contributed by atoms with van der Waals surface area (Å²) in [5, 5.41) is 3.06. The zero-order valence-electron chi connectivity index (χ0n) is 11.6. The predicted molar refractivity (Wildman–Crippen MR) is 79.1 cm³/mol. The predicted octanol–water partition coefficient (Wildman–Crippen LogP) is 4.37. The smallest absolute Gasteiger partial charge is 0.225 e. The number of nitrogens with one attached hydrogen (secondary N) is 1. The highest BCUT2D eigenvalue weighted by atomic mass is 79.9. The van der Waals surface area contributed by atoms with Gasteiger partial charge in [-0.25, -0.2) is 0 Å². The number of amides is 1. The first-order valence-electron chi connectivity index (χ1n) is 6.25. The van der Waals surface area contributed by atoms with Gasteiger partial charge >= 0.3 is 0 Å². The number of benzene rings is 1. The molecule has 0 saturated heterocycles. The normalized spacial score (nSPS) is 18.2. The quantitative estimate of drug-likeness (QED) is 0.757. The fourth-order valence-electron chi connectivity index (χ4n) is 2.55. The van der Waals surface area contributed by atoms with Crippen molar-refractivity contribution < 1.29 is 4.79 Å². The lowest BCUT2D eigenvalue weighted by Crippen LogP contribution is -2.34. The molecule has 0 aliphatic carbocycles. The van der Waals surface area contributed by atoms with Gasteiger partial charge in [0, 0.05) is 22.0 Å². The summed E-state index contributed by atoms with van der Waals surface area (Å²) in [6, 6.07) is 4.24. The lowest BCUT2D eigenvalue weighted by atomic mass is 9.74. The van der Waals surface area contributed by atoms with E-state index in [0.29, 0.717) is 6.42 Å². The summed E-state index contributed by atoms with van der Waals surface area (Å²) in [5.74, 6) is 0.111. The van der Waals surface area contributed by atoms with Gasteiger partial charge in [-0.15, -0.1) is 0 Å². The number of halogens is 1. The molecular weight excluding hydrogens is 290 g/mol. The number of anilines is 1. The molecule has 0 saturated carbocycles. The van der Waals surface area contributed by atoms with Crippen molar-refractivity contribution in [2.24, 2.45) is 0 Å². The molecule has 1 aromatic carbocycles. The first kappa shape index (κ1) is 13.6. The number of hydrogen-bond acceptors (Lipinski definition) is 1. The minimum absolute atomic E-state index is 0.00850. The van der Waals surface area contributed by atoms with Crippen molar-refractivity contribution in [1.29, 1.82) is 0 Å². The molecule has 0 unspecified atom stereocenters. The van der Waals surface area contributed by atoms with Crippen LogP contribution in [0.4, 0.5) is 5.69 Å². The average Bonchev–Trinajstić information content (AvgIpc) is 2.15. The summed E-state index contributed by atoms with van der Waals surface area (Å²) in [6.45, 7) is 10.8. The molecule has 0 spiro atoms. The molecule has 98 valence electrons. The van der Waals surface area contributed by atoms with Crippen molar-refractivity contribution in [2.75, 3.05) is 5.32 Å². The molecule has 0 fully saturated rings. The third-order valence-electron chi connectivity index (χ3n) is 3.51. The number of hydrogen-bond donors (Lipinski definition) is 1. The van der Waals surface area contributed by atoms with Crippen LogP contribution < -0.4 is 5.32 Å². The second-order valence-electron chi connectivity index (χ2n) is 6.73. The Balaban J connectivity index is 2.73. The van der Waals surface area contributed by atoms with E-state index >= 15 is 0 Å². The van der Waals surface area contributed by atoms with E-state index < -0.39 is 0 Å². The van der Waals surface area contributed by atoms with Crippen molar-refractivity contribution in [1.82, 2.24) is 0 Å². The Kier molecular flexibility index (Phi) is 3.09. The van der Waals surface area contributed by atoms with Crippen LogP contribution in [0.5, 0.6) is 0 Å². The van der Waals surface area contributed by atoms with Gasteiger partial charge in [-0.3, -0.25) is 4.79 Å². The molecule has 0 atom stereocenters. The summed E-state index contributed by atoms with van der Waals surface area (Å²) in [6.07, 6.45) is 0.542. The van der Waals surface area contributed by atoms with Gasteiger partial charge in [0.1, 0.15) is 0 Å². The molecule has 1 N–H and O–H groups in total. The van der Waals surface area contributed by atoms with Crippen molar-refractivity contribution in [3.05, 3.63) is 27.7 Å². The maximum Gasteiger partial charge on any atom is 0.225 e. The second kappa shape index (κ2) is 4.09. The molecule has 0 aromatic heterocycles. The van der Waals surface area contributed by atoms with Crippen molar-refractivity contribution in [3.8, 4) is 0 Å². The number of carbonyl (C=O) groups excluding carboxylic acids is 1. The minimum atomic E-state index is -0.110. The van der Waals surface area contributed by atoms with Crippen LogP contribution in [-0.2, 0) is 15.6 Å². The monoisotopic (exact) mass is 309 g/mol. The highest BCUT2D eigenvalue weighted by molar-refractivity contribution is 9.10. The standard InChI is InChI=1S/C15H20BrNO/c1-14(2,3)10-6-9(16)7-11-13(10)17-12(18)8-15(11,4)5/h6-7H,8H2,1-5H3,(H,17,18). The van der Waals surface area contributed by atoms with Crippen LogP contribution in [0.25, 0.3) is 0 Å². The summed E-state index contributed by atoms with van der Waals surface area (Å²) in [4.78, 5) is 11.9. The largest absolute Gasteiger partial charge is 0.326 e.